The summed E-state index contributed by atoms with van der Waals surface area (Å²) in [4.78, 5) is 4.41. The summed E-state index contributed by atoms with van der Waals surface area (Å²) in [5, 5.41) is 4.65. The Morgan fingerprint density at radius 1 is 0.964 bits per heavy atom. The average Bonchev–Trinajstić information content (AvgIpc) is 2.97. The highest BCUT2D eigenvalue weighted by molar-refractivity contribution is 7.71. The van der Waals surface area contributed by atoms with Crippen molar-refractivity contribution in [2.45, 2.75) is 20.1 Å². The summed E-state index contributed by atoms with van der Waals surface area (Å²) in [6.07, 6.45) is 0. The lowest BCUT2D eigenvalue weighted by atomic mass is 10.2. The van der Waals surface area contributed by atoms with Gasteiger partial charge >= 0.3 is 0 Å². The van der Waals surface area contributed by atoms with Crippen LogP contribution in [-0.4, -0.2) is 45.4 Å². The van der Waals surface area contributed by atoms with Crippen molar-refractivity contribution < 1.29 is 4.39 Å². The highest BCUT2D eigenvalue weighted by Gasteiger charge is 2.20. The normalized spacial score (nSPS) is 15.1. The fourth-order valence-electron chi connectivity index (χ4n) is 3.62. The van der Waals surface area contributed by atoms with E-state index >= 15 is 0 Å². The van der Waals surface area contributed by atoms with Crippen LogP contribution in [0, 0.1) is 17.5 Å². The lowest BCUT2D eigenvalue weighted by Crippen LogP contribution is -2.47. The van der Waals surface area contributed by atoms with E-state index < -0.39 is 0 Å². The first-order chi connectivity index (χ1) is 13.6. The molecule has 7 heteroatoms. The number of aryl methyl sites for hydroxylation is 1. The molecule has 1 aliphatic rings. The number of halogens is 1. The van der Waals surface area contributed by atoms with Crippen molar-refractivity contribution in [1.29, 1.82) is 0 Å². The van der Waals surface area contributed by atoms with Gasteiger partial charge in [-0.05, 0) is 36.8 Å². The van der Waals surface area contributed by atoms with Gasteiger partial charge in [-0.3, -0.25) is 9.47 Å². The highest BCUT2D eigenvalue weighted by Crippen LogP contribution is 2.20. The van der Waals surface area contributed by atoms with Crippen molar-refractivity contribution in [3.05, 3.63) is 76.6 Å². The number of hydrogen-bond acceptors (Lipinski definition) is 4. The Labute approximate surface area is 169 Å². The molecule has 146 valence electrons. The maximum Gasteiger partial charge on any atom is 0.199 e. The van der Waals surface area contributed by atoms with Gasteiger partial charge < -0.3 is 4.90 Å². The zero-order valence-electron chi connectivity index (χ0n) is 16.0. The standard InChI is InChI=1S/C21H24FN5S/c1-17-23-27(21(28)26(17)15-18-7-3-2-4-8-18)16-24-11-13-25(14-12-24)20-10-6-5-9-19(20)22/h2-10H,11-16H2,1H3. The molecule has 0 N–H and O–H groups in total. The molecule has 4 rings (SSSR count). The fourth-order valence-corrected chi connectivity index (χ4v) is 3.91. The van der Waals surface area contributed by atoms with E-state index in [4.69, 9.17) is 12.2 Å². The molecule has 0 spiro atoms. The maximum absolute atomic E-state index is 14.0. The Bertz CT molecular complexity index is 990. The van der Waals surface area contributed by atoms with Gasteiger partial charge in [0.2, 0.25) is 0 Å². The van der Waals surface area contributed by atoms with Crippen LogP contribution in [0.3, 0.4) is 0 Å². The van der Waals surface area contributed by atoms with Crippen molar-refractivity contribution in [3.63, 3.8) is 0 Å². The molecule has 0 bridgehead atoms. The predicted octanol–water partition coefficient (Wildman–Crippen LogP) is 3.69. The number of nitrogens with zero attached hydrogens (tertiary/aromatic N) is 5. The minimum atomic E-state index is -0.159. The van der Waals surface area contributed by atoms with Crippen molar-refractivity contribution in [1.82, 2.24) is 19.2 Å². The molecule has 28 heavy (non-hydrogen) atoms. The van der Waals surface area contributed by atoms with Gasteiger partial charge in [0.15, 0.2) is 4.77 Å². The molecule has 0 amide bonds. The van der Waals surface area contributed by atoms with E-state index in [0.29, 0.717) is 12.4 Å². The first-order valence-electron chi connectivity index (χ1n) is 9.52. The van der Waals surface area contributed by atoms with Crippen LogP contribution in [0.4, 0.5) is 10.1 Å². The highest BCUT2D eigenvalue weighted by atomic mass is 32.1. The van der Waals surface area contributed by atoms with E-state index in [9.17, 15) is 4.39 Å². The third-order valence-corrected chi connectivity index (χ3v) is 5.62. The zero-order valence-corrected chi connectivity index (χ0v) is 16.8. The number of benzene rings is 2. The number of anilines is 1. The van der Waals surface area contributed by atoms with Crippen LogP contribution in [0.2, 0.25) is 0 Å². The summed E-state index contributed by atoms with van der Waals surface area (Å²) in [7, 11) is 0. The number of para-hydroxylation sites is 1. The smallest absolute Gasteiger partial charge is 0.199 e. The van der Waals surface area contributed by atoms with Crippen LogP contribution in [0.1, 0.15) is 11.4 Å². The Hall–Kier alpha value is -2.51. The first kappa shape index (κ1) is 18.8. The molecule has 0 saturated carbocycles. The third-order valence-electron chi connectivity index (χ3n) is 5.19. The lowest BCUT2D eigenvalue weighted by molar-refractivity contribution is 0.193. The van der Waals surface area contributed by atoms with E-state index in [0.717, 1.165) is 43.3 Å². The Balaban J connectivity index is 1.41. The van der Waals surface area contributed by atoms with Crippen LogP contribution in [0.5, 0.6) is 0 Å². The molecular weight excluding hydrogens is 373 g/mol. The largest absolute Gasteiger partial charge is 0.367 e. The van der Waals surface area contributed by atoms with Gasteiger partial charge in [0.1, 0.15) is 11.6 Å². The monoisotopic (exact) mass is 397 g/mol. The van der Waals surface area contributed by atoms with Crippen LogP contribution < -0.4 is 4.90 Å². The van der Waals surface area contributed by atoms with Gasteiger partial charge in [0.05, 0.1) is 18.9 Å². The fraction of sp³-hybridized carbons (Fsp3) is 0.333. The Morgan fingerprint density at radius 3 is 2.36 bits per heavy atom. The van der Waals surface area contributed by atoms with Gasteiger partial charge in [0.25, 0.3) is 0 Å². The number of piperazine rings is 1. The number of rotatable bonds is 5. The van der Waals surface area contributed by atoms with E-state index in [1.807, 2.05) is 41.9 Å². The Morgan fingerprint density at radius 2 is 1.64 bits per heavy atom. The van der Waals surface area contributed by atoms with Crippen molar-refractivity contribution in [2.75, 3.05) is 31.1 Å². The number of aromatic nitrogens is 3. The minimum absolute atomic E-state index is 0.159. The van der Waals surface area contributed by atoms with Crippen molar-refractivity contribution >= 4 is 17.9 Å². The molecule has 1 saturated heterocycles. The molecule has 3 aromatic rings. The molecule has 0 radical (unpaired) electrons. The SMILES string of the molecule is Cc1nn(CN2CCN(c3ccccc3F)CC2)c(=S)n1Cc1ccccc1. The zero-order chi connectivity index (χ0) is 19.5. The summed E-state index contributed by atoms with van der Waals surface area (Å²) < 4.78 is 18.7. The van der Waals surface area contributed by atoms with Gasteiger partial charge in [-0.15, -0.1) is 0 Å². The molecule has 2 aromatic carbocycles. The van der Waals surface area contributed by atoms with Crippen molar-refractivity contribution in [2.24, 2.45) is 0 Å². The van der Waals surface area contributed by atoms with Gasteiger partial charge in [-0.1, -0.05) is 42.5 Å². The minimum Gasteiger partial charge on any atom is -0.367 e. The van der Waals surface area contributed by atoms with E-state index in [-0.39, 0.29) is 5.82 Å². The summed E-state index contributed by atoms with van der Waals surface area (Å²) in [6, 6.07) is 17.2. The van der Waals surface area contributed by atoms with Crippen molar-refractivity contribution in [3.8, 4) is 0 Å². The first-order valence-corrected chi connectivity index (χ1v) is 9.92. The lowest BCUT2D eigenvalue weighted by Gasteiger charge is -2.35. The van der Waals surface area contributed by atoms with Gasteiger partial charge in [-0.25, -0.2) is 9.07 Å². The van der Waals surface area contributed by atoms with Crippen LogP contribution >= 0.6 is 12.2 Å². The summed E-state index contributed by atoms with van der Waals surface area (Å²) >= 11 is 5.67. The molecule has 1 aliphatic heterocycles. The molecule has 1 fully saturated rings. The van der Waals surface area contributed by atoms with Crippen LogP contribution in [-0.2, 0) is 13.2 Å². The predicted molar refractivity (Wildman–Crippen MR) is 112 cm³/mol. The third kappa shape index (κ3) is 4.00. The van der Waals surface area contributed by atoms with E-state index in [1.165, 1.54) is 11.6 Å². The van der Waals surface area contributed by atoms with Crippen LogP contribution in [0.25, 0.3) is 0 Å². The molecule has 1 aromatic heterocycles. The summed E-state index contributed by atoms with van der Waals surface area (Å²) in [6.45, 7) is 6.65. The second-order valence-electron chi connectivity index (χ2n) is 7.10. The van der Waals surface area contributed by atoms with E-state index in [1.54, 1.807) is 6.07 Å². The summed E-state index contributed by atoms with van der Waals surface area (Å²) in [5.41, 5.74) is 1.89. The second kappa shape index (κ2) is 8.24. The molecule has 2 heterocycles. The maximum atomic E-state index is 14.0. The second-order valence-corrected chi connectivity index (χ2v) is 7.46. The number of hydrogen-bond donors (Lipinski definition) is 0. The topological polar surface area (TPSA) is 29.2 Å². The van der Waals surface area contributed by atoms with Gasteiger partial charge in [0, 0.05) is 26.2 Å². The van der Waals surface area contributed by atoms with Crippen LogP contribution in [0.15, 0.2) is 54.6 Å². The average molecular weight is 398 g/mol. The molecule has 0 aliphatic carbocycles. The van der Waals surface area contributed by atoms with Gasteiger partial charge in [-0.2, -0.15) is 5.10 Å². The Kier molecular flexibility index (Phi) is 5.54. The molecular formula is C21H24FN5S. The quantitative estimate of drug-likeness (QED) is 0.614. The summed E-state index contributed by atoms with van der Waals surface area (Å²) in [5.74, 6) is 0.757. The molecule has 0 atom stereocenters. The molecule has 0 unspecified atom stereocenters. The molecule has 5 nitrogen and oxygen atoms in total. The van der Waals surface area contributed by atoms with E-state index in [2.05, 4.69) is 31.6 Å².